The molecule has 0 aliphatic carbocycles. The highest BCUT2D eigenvalue weighted by molar-refractivity contribution is 7.89. The number of likely N-dealkylation sites (tertiary alicyclic amines) is 1. The number of rotatable bonds is 3. The van der Waals surface area contributed by atoms with Gasteiger partial charge in [0.2, 0.25) is 0 Å². The van der Waals surface area contributed by atoms with Crippen LogP contribution in [0.25, 0.3) is 10.8 Å². The van der Waals surface area contributed by atoms with Crippen molar-refractivity contribution in [3.63, 3.8) is 0 Å². The summed E-state index contributed by atoms with van der Waals surface area (Å²) in [5.74, 6) is 0.872. The van der Waals surface area contributed by atoms with Gasteiger partial charge in [-0.25, -0.2) is 0 Å². The lowest BCUT2D eigenvalue weighted by molar-refractivity contribution is 0.101. The van der Waals surface area contributed by atoms with Crippen LogP contribution in [0.4, 0.5) is 0 Å². The first-order chi connectivity index (χ1) is 12.6. The summed E-state index contributed by atoms with van der Waals surface area (Å²) in [4.78, 5) is 3.55. The standard InChI is InChI=1S/C21H27ClN2OS/c1-16-8-12-23(13-9-16)17-10-14-24(15-11-17)26(25)21-7-6-20(22)18-4-2-3-5-19(18)21/h2-7,16-17H,8-15H2,1H3/t26-/m1/s1. The van der Waals surface area contributed by atoms with Crippen molar-refractivity contribution in [1.82, 2.24) is 9.21 Å². The number of nitrogens with zero attached hydrogens (tertiary/aromatic N) is 2. The van der Waals surface area contributed by atoms with E-state index in [0.29, 0.717) is 6.04 Å². The minimum Gasteiger partial charge on any atom is -0.593 e. The van der Waals surface area contributed by atoms with E-state index in [1.165, 1.54) is 25.9 Å². The Morgan fingerprint density at radius 3 is 2.27 bits per heavy atom. The molecule has 1 atom stereocenters. The summed E-state index contributed by atoms with van der Waals surface area (Å²) in [6, 6.07) is 12.5. The molecule has 26 heavy (non-hydrogen) atoms. The molecule has 0 amide bonds. The first kappa shape index (κ1) is 18.6. The van der Waals surface area contributed by atoms with Gasteiger partial charge in [-0.05, 0) is 62.9 Å². The number of fused-ring (bicyclic) bond motifs is 1. The highest BCUT2D eigenvalue weighted by Gasteiger charge is 2.33. The molecule has 0 spiro atoms. The zero-order chi connectivity index (χ0) is 18.1. The van der Waals surface area contributed by atoms with Crippen molar-refractivity contribution in [2.24, 2.45) is 5.92 Å². The fourth-order valence-electron chi connectivity index (χ4n) is 4.29. The second-order valence-corrected chi connectivity index (χ2v) is 9.58. The summed E-state index contributed by atoms with van der Waals surface area (Å²) in [6.45, 7) is 6.63. The van der Waals surface area contributed by atoms with Gasteiger partial charge in [0.05, 0.1) is 11.4 Å². The van der Waals surface area contributed by atoms with Gasteiger partial charge in [0, 0.05) is 34.9 Å². The summed E-state index contributed by atoms with van der Waals surface area (Å²) in [5, 5.41) is 2.71. The number of hydrogen-bond acceptors (Lipinski definition) is 3. The Balaban J connectivity index is 1.44. The van der Waals surface area contributed by atoms with Crippen molar-refractivity contribution < 1.29 is 4.55 Å². The fourth-order valence-corrected chi connectivity index (χ4v) is 5.89. The normalized spacial score (nSPS) is 22.7. The predicted molar refractivity (Wildman–Crippen MR) is 110 cm³/mol. The van der Waals surface area contributed by atoms with Crippen molar-refractivity contribution in [2.75, 3.05) is 26.2 Å². The van der Waals surface area contributed by atoms with Gasteiger partial charge in [-0.2, -0.15) is 0 Å². The quantitative estimate of drug-likeness (QED) is 0.710. The zero-order valence-corrected chi connectivity index (χ0v) is 16.9. The van der Waals surface area contributed by atoms with E-state index in [4.69, 9.17) is 11.6 Å². The second-order valence-electron chi connectivity index (χ2n) is 7.72. The van der Waals surface area contributed by atoms with Gasteiger partial charge in [-0.3, -0.25) is 0 Å². The number of benzene rings is 2. The van der Waals surface area contributed by atoms with E-state index in [2.05, 4.69) is 16.1 Å². The van der Waals surface area contributed by atoms with Gasteiger partial charge in [-0.1, -0.05) is 36.7 Å². The summed E-state index contributed by atoms with van der Waals surface area (Å²) in [5.41, 5.74) is 0. The summed E-state index contributed by atoms with van der Waals surface area (Å²) in [7, 11) is 0. The van der Waals surface area contributed by atoms with Gasteiger partial charge in [0.15, 0.2) is 4.90 Å². The Morgan fingerprint density at radius 2 is 1.58 bits per heavy atom. The Labute approximate surface area is 164 Å². The topological polar surface area (TPSA) is 29.5 Å². The smallest absolute Gasteiger partial charge is 0.182 e. The van der Waals surface area contributed by atoms with E-state index in [1.807, 2.05) is 36.4 Å². The van der Waals surface area contributed by atoms with E-state index in [0.717, 1.165) is 52.5 Å². The third-order valence-electron chi connectivity index (χ3n) is 6.01. The first-order valence-electron chi connectivity index (χ1n) is 9.71. The van der Waals surface area contributed by atoms with E-state index in [1.54, 1.807) is 0 Å². The van der Waals surface area contributed by atoms with Crippen molar-refractivity contribution in [2.45, 2.75) is 43.5 Å². The lowest BCUT2D eigenvalue weighted by Gasteiger charge is -2.40. The molecule has 2 aromatic carbocycles. The van der Waals surface area contributed by atoms with Crippen LogP contribution in [0.5, 0.6) is 0 Å². The molecule has 3 nitrogen and oxygen atoms in total. The Bertz CT molecular complexity index is 755. The first-order valence-corrected chi connectivity index (χ1v) is 11.2. The molecule has 2 aliphatic rings. The molecular weight excluding hydrogens is 364 g/mol. The van der Waals surface area contributed by atoms with Crippen LogP contribution in [0.15, 0.2) is 41.3 Å². The van der Waals surface area contributed by atoms with Gasteiger partial charge >= 0.3 is 0 Å². The summed E-state index contributed by atoms with van der Waals surface area (Å²) in [6.07, 6.45) is 4.88. The van der Waals surface area contributed by atoms with Gasteiger partial charge < -0.3 is 9.45 Å². The Kier molecular flexibility index (Phi) is 5.77. The van der Waals surface area contributed by atoms with Crippen LogP contribution in [-0.2, 0) is 11.4 Å². The van der Waals surface area contributed by atoms with E-state index in [9.17, 15) is 4.55 Å². The maximum atomic E-state index is 13.2. The van der Waals surface area contributed by atoms with Crippen LogP contribution in [-0.4, -0.2) is 46.0 Å². The monoisotopic (exact) mass is 390 g/mol. The summed E-state index contributed by atoms with van der Waals surface area (Å²) >= 11 is 5.19. The number of hydrogen-bond donors (Lipinski definition) is 0. The molecule has 2 fully saturated rings. The highest BCUT2D eigenvalue weighted by Crippen LogP contribution is 2.32. The molecule has 2 saturated heterocycles. The Morgan fingerprint density at radius 1 is 0.923 bits per heavy atom. The predicted octanol–water partition coefficient (Wildman–Crippen LogP) is 4.71. The lowest BCUT2D eigenvalue weighted by Crippen LogP contribution is -2.48. The van der Waals surface area contributed by atoms with Crippen molar-refractivity contribution in [3.05, 3.63) is 41.4 Å². The van der Waals surface area contributed by atoms with E-state index < -0.39 is 11.4 Å². The fraction of sp³-hybridized carbons (Fsp3) is 0.524. The minimum absolute atomic E-state index is 0.665. The maximum absolute atomic E-state index is 13.2. The molecule has 140 valence electrons. The van der Waals surface area contributed by atoms with Crippen molar-refractivity contribution in [1.29, 1.82) is 0 Å². The molecule has 2 heterocycles. The number of halogens is 1. The average Bonchev–Trinajstić information content (AvgIpc) is 2.69. The number of piperidine rings is 2. The minimum atomic E-state index is -1.12. The average molecular weight is 391 g/mol. The van der Waals surface area contributed by atoms with Crippen LogP contribution < -0.4 is 0 Å². The maximum Gasteiger partial charge on any atom is 0.182 e. The zero-order valence-electron chi connectivity index (χ0n) is 15.4. The van der Waals surface area contributed by atoms with Gasteiger partial charge in [-0.15, -0.1) is 4.31 Å². The molecule has 0 bridgehead atoms. The molecule has 0 N–H and O–H groups in total. The van der Waals surface area contributed by atoms with E-state index in [-0.39, 0.29) is 0 Å². The molecule has 0 saturated carbocycles. The highest BCUT2D eigenvalue weighted by atomic mass is 35.5. The molecule has 4 rings (SSSR count). The third kappa shape index (κ3) is 3.76. The van der Waals surface area contributed by atoms with Crippen LogP contribution in [0.3, 0.4) is 0 Å². The van der Waals surface area contributed by atoms with E-state index >= 15 is 0 Å². The summed E-state index contributed by atoms with van der Waals surface area (Å²) < 4.78 is 15.4. The van der Waals surface area contributed by atoms with Crippen LogP contribution >= 0.6 is 11.6 Å². The molecule has 5 heteroatoms. The molecule has 0 unspecified atom stereocenters. The van der Waals surface area contributed by atoms with Gasteiger partial charge in [0.1, 0.15) is 0 Å². The molecule has 0 aromatic heterocycles. The lowest BCUT2D eigenvalue weighted by atomic mass is 9.95. The SMILES string of the molecule is CC1CCN(C2CCN([S@+]([O-])c3ccc(Cl)c4ccccc34)CC2)CC1. The van der Waals surface area contributed by atoms with Crippen molar-refractivity contribution in [3.8, 4) is 0 Å². The third-order valence-corrected chi connectivity index (χ3v) is 7.91. The molecule has 2 aliphatic heterocycles. The molecule has 2 aromatic rings. The second kappa shape index (κ2) is 8.07. The largest absolute Gasteiger partial charge is 0.593 e. The molecule has 0 radical (unpaired) electrons. The molecular formula is C21H27ClN2OS. The van der Waals surface area contributed by atoms with Crippen LogP contribution in [0.2, 0.25) is 5.02 Å². The van der Waals surface area contributed by atoms with Crippen molar-refractivity contribution >= 4 is 33.7 Å². The Hall–Kier alpha value is -0.780. The van der Waals surface area contributed by atoms with Crippen LogP contribution in [0, 0.1) is 5.92 Å². The van der Waals surface area contributed by atoms with Crippen LogP contribution in [0.1, 0.15) is 32.6 Å². The van der Waals surface area contributed by atoms with Gasteiger partial charge in [0.25, 0.3) is 0 Å².